The van der Waals surface area contributed by atoms with Gasteiger partial charge >= 0.3 is 0 Å². The molecule has 2 saturated carbocycles. The molecule has 152 valence electrons. The molecule has 0 N–H and O–H groups in total. The van der Waals surface area contributed by atoms with Crippen LogP contribution >= 0.6 is 8.58 Å². The normalized spacial score (nSPS) is 18.2. The van der Waals surface area contributed by atoms with E-state index in [9.17, 15) is 0 Å². The van der Waals surface area contributed by atoms with Crippen molar-refractivity contribution in [1.29, 1.82) is 0 Å². The molecule has 2 aromatic rings. The largest absolute Gasteiger partial charge is 0.377 e. The van der Waals surface area contributed by atoms with Gasteiger partial charge in [0.05, 0.1) is 0 Å². The molecule has 0 atom stereocenters. The summed E-state index contributed by atoms with van der Waals surface area (Å²) >= 11 is 0. The lowest BCUT2D eigenvalue weighted by atomic mass is 10.00. The molecule has 1 nitrogen and oxygen atoms in total. The molecule has 2 fully saturated rings. The van der Waals surface area contributed by atoms with Crippen molar-refractivity contribution in [3.63, 3.8) is 0 Å². The van der Waals surface area contributed by atoms with Gasteiger partial charge < -0.3 is 4.90 Å². The maximum Gasteiger partial charge on any atom is 0.0440 e. The quantitative estimate of drug-likeness (QED) is 0.478. The molecule has 0 saturated heterocycles. The minimum absolute atomic E-state index is 1.15. The number of para-hydroxylation sites is 1. The van der Waals surface area contributed by atoms with E-state index in [1.54, 1.807) is 25.7 Å². The van der Waals surface area contributed by atoms with Crippen LogP contribution in [0.15, 0.2) is 54.6 Å². The van der Waals surface area contributed by atoms with Gasteiger partial charge in [0.25, 0.3) is 0 Å². The molecule has 2 aliphatic rings. The zero-order chi connectivity index (χ0) is 19.6. The second-order valence-corrected chi connectivity index (χ2v) is 10.6. The second-order valence-electron chi connectivity index (χ2n) is 8.61. The van der Waals surface area contributed by atoms with Gasteiger partial charge in [-0.2, -0.15) is 0 Å². The molecule has 2 aromatic carbocycles. The smallest absolute Gasteiger partial charge is 0.0440 e. The Labute approximate surface area is 174 Å². The number of hydrogen-bond donors (Lipinski definition) is 0. The lowest BCUT2D eigenvalue weighted by Crippen LogP contribution is -2.14. The summed E-state index contributed by atoms with van der Waals surface area (Å²) in [4.78, 5) is 2.14. The average molecular weight is 396 g/mol. The molecule has 0 heterocycles. The van der Waals surface area contributed by atoms with Crippen molar-refractivity contribution in [1.82, 2.24) is 0 Å². The standard InChI is InChI=1S/C14H15N.C12H23P/c1-15(2)14-11-7-6-10-13(14)12-8-4-3-5-9-12;1-3-7-11(8-4-1)13-12-9-5-2-6-10-12/h3-11H,1-2H3;11-13H,1-10H2. The van der Waals surface area contributed by atoms with Crippen molar-refractivity contribution in [3.8, 4) is 11.1 Å². The van der Waals surface area contributed by atoms with Crippen LogP contribution in [0.3, 0.4) is 0 Å². The summed E-state index contributed by atoms with van der Waals surface area (Å²) in [5, 5.41) is 0. The Morgan fingerprint density at radius 2 is 1.14 bits per heavy atom. The number of hydrogen-bond acceptors (Lipinski definition) is 1. The Kier molecular flexibility index (Phi) is 8.87. The van der Waals surface area contributed by atoms with E-state index in [2.05, 4.69) is 67.5 Å². The molecule has 4 rings (SSSR count). The first-order chi connectivity index (χ1) is 13.7. The molecule has 28 heavy (non-hydrogen) atoms. The predicted octanol–water partition coefficient (Wildman–Crippen LogP) is 7.75. The predicted molar refractivity (Wildman–Crippen MR) is 128 cm³/mol. The highest BCUT2D eigenvalue weighted by molar-refractivity contribution is 7.39. The lowest BCUT2D eigenvalue weighted by molar-refractivity contribution is 0.490. The molecule has 0 unspecified atom stereocenters. The minimum atomic E-state index is 1.15. The first-order valence-corrected chi connectivity index (χ1v) is 12.5. The Morgan fingerprint density at radius 1 is 0.643 bits per heavy atom. The fourth-order valence-electron chi connectivity index (χ4n) is 4.60. The van der Waals surface area contributed by atoms with Crippen LogP contribution in [0.25, 0.3) is 11.1 Å². The monoisotopic (exact) mass is 395 g/mol. The minimum Gasteiger partial charge on any atom is -0.377 e. The topological polar surface area (TPSA) is 3.24 Å². The summed E-state index contributed by atoms with van der Waals surface area (Å²) in [6.45, 7) is 0. The molecule has 0 amide bonds. The molecule has 0 bridgehead atoms. The number of rotatable bonds is 4. The molecule has 2 heteroatoms. The van der Waals surface area contributed by atoms with Crippen molar-refractivity contribution in [3.05, 3.63) is 54.6 Å². The van der Waals surface area contributed by atoms with Gasteiger partial charge in [0.1, 0.15) is 0 Å². The van der Waals surface area contributed by atoms with Crippen LogP contribution in [0.1, 0.15) is 64.2 Å². The van der Waals surface area contributed by atoms with Crippen LogP contribution in [0, 0.1) is 0 Å². The summed E-state index contributed by atoms with van der Waals surface area (Å²) in [6.07, 6.45) is 15.4. The van der Waals surface area contributed by atoms with Crippen LogP contribution in [0.4, 0.5) is 5.69 Å². The Balaban J connectivity index is 0.000000162. The van der Waals surface area contributed by atoms with E-state index in [0.29, 0.717) is 0 Å². The molecule has 0 aromatic heterocycles. The third kappa shape index (κ3) is 6.63. The fourth-order valence-corrected chi connectivity index (χ4v) is 6.75. The highest BCUT2D eigenvalue weighted by atomic mass is 31.1. The maximum absolute atomic E-state index is 2.16. The van der Waals surface area contributed by atoms with Crippen molar-refractivity contribution in [2.75, 3.05) is 19.0 Å². The van der Waals surface area contributed by atoms with Gasteiger partial charge in [0.2, 0.25) is 0 Å². The van der Waals surface area contributed by atoms with Gasteiger partial charge in [-0.25, -0.2) is 0 Å². The number of nitrogens with zero attached hydrogens (tertiary/aromatic N) is 1. The summed E-state index contributed by atoms with van der Waals surface area (Å²) in [7, 11) is 5.47. The van der Waals surface area contributed by atoms with E-state index in [1.807, 2.05) is 6.07 Å². The van der Waals surface area contributed by atoms with E-state index < -0.39 is 0 Å². The van der Waals surface area contributed by atoms with Crippen LogP contribution in [-0.2, 0) is 0 Å². The lowest BCUT2D eigenvalue weighted by Gasteiger charge is -2.28. The first kappa shape index (κ1) is 21.4. The van der Waals surface area contributed by atoms with Crippen LogP contribution in [0.2, 0.25) is 0 Å². The van der Waals surface area contributed by atoms with Gasteiger partial charge in [-0.1, -0.05) is 87.1 Å². The Morgan fingerprint density at radius 3 is 1.68 bits per heavy atom. The molecule has 0 radical (unpaired) electrons. The molecule has 0 aliphatic heterocycles. The van der Waals surface area contributed by atoms with Crippen LogP contribution < -0.4 is 4.90 Å². The van der Waals surface area contributed by atoms with E-state index in [4.69, 9.17) is 0 Å². The zero-order valence-corrected chi connectivity index (χ0v) is 18.9. The maximum atomic E-state index is 2.16. The van der Waals surface area contributed by atoms with Gasteiger partial charge in [-0.05, 0) is 48.6 Å². The molecule has 2 aliphatic carbocycles. The van der Waals surface area contributed by atoms with E-state index in [1.165, 1.54) is 63.9 Å². The van der Waals surface area contributed by atoms with Crippen molar-refractivity contribution < 1.29 is 0 Å². The van der Waals surface area contributed by atoms with Gasteiger partial charge in [0, 0.05) is 25.3 Å². The van der Waals surface area contributed by atoms with E-state index in [-0.39, 0.29) is 0 Å². The third-order valence-corrected chi connectivity index (χ3v) is 8.25. The fraction of sp³-hybridized carbons (Fsp3) is 0.538. The highest BCUT2D eigenvalue weighted by Crippen LogP contribution is 2.41. The second kappa shape index (κ2) is 11.6. The third-order valence-electron chi connectivity index (χ3n) is 6.15. The highest BCUT2D eigenvalue weighted by Gasteiger charge is 2.20. The van der Waals surface area contributed by atoms with E-state index in [0.717, 1.165) is 11.3 Å². The summed E-state index contributed by atoms with van der Waals surface area (Å²) in [6, 6.07) is 18.9. The molecular formula is C26H38NP. The summed E-state index contributed by atoms with van der Waals surface area (Å²) in [5.74, 6) is 0. The average Bonchev–Trinajstić information content (AvgIpc) is 2.76. The SMILES string of the molecule is C1CCC(PC2CCCCC2)CC1.CN(C)c1ccccc1-c1ccccc1. The van der Waals surface area contributed by atoms with Gasteiger partial charge in [-0.3, -0.25) is 0 Å². The molecule has 0 spiro atoms. The number of anilines is 1. The molecular weight excluding hydrogens is 357 g/mol. The number of benzene rings is 2. The summed E-state index contributed by atoms with van der Waals surface area (Å²) < 4.78 is 0. The van der Waals surface area contributed by atoms with Crippen molar-refractivity contribution >= 4 is 14.3 Å². The van der Waals surface area contributed by atoms with Crippen molar-refractivity contribution in [2.24, 2.45) is 0 Å². The van der Waals surface area contributed by atoms with Crippen LogP contribution in [0.5, 0.6) is 0 Å². The summed E-state index contributed by atoms with van der Waals surface area (Å²) in [5.41, 5.74) is 6.10. The Bertz CT molecular complexity index is 654. The van der Waals surface area contributed by atoms with Gasteiger partial charge in [0.15, 0.2) is 0 Å². The van der Waals surface area contributed by atoms with E-state index >= 15 is 0 Å². The van der Waals surface area contributed by atoms with Gasteiger partial charge in [-0.15, -0.1) is 8.58 Å². The zero-order valence-electron chi connectivity index (χ0n) is 17.9. The first-order valence-electron chi connectivity index (χ1n) is 11.3. The van der Waals surface area contributed by atoms with Crippen LogP contribution in [-0.4, -0.2) is 25.4 Å². The van der Waals surface area contributed by atoms with Crippen molar-refractivity contribution in [2.45, 2.75) is 75.5 Å². The Hall–Kier alpha value is -1.33.